The molecule has 7 rings (SSSR count). The smallest absolute Gasteiger partial charge is 0.323 e. The maximum Gasteiger partial charge on any atom is 0.323 e. The van der Waals surface area contributed by atoms with Gasteiger partial charge in [-0.15, -0.1) is 0 Å². The fourth-order valence-corrected chi connectivity index (χ4v) is 6.93. The minimum Gasteiger partial charge on any atom is -0.394 e. The molecule has 3 atom stereocenters. The van der Waals surface area contributed by atoms with Crippen molar-refractivity contribution in [3.8, 4) is 11.4 Å². The van der Waals surface area contributed by atoms with E-state index < -0.39 is 0 Å². The molecule has 0 unspecified atom stereocenters. The van der Waals surface area contributed by atoms with Crippen LogP contribution >= 0.6 is 0 Å². The second kappa shape index (κ2) is 14.0. The molecule has 4 heterocycles. The summed E-state index contributed by atoms with van der Waals surface area (Å²) in [6.07, 6.45) is 4.19. The topological polar surface area (TPSA) is 142 Å². The van der Waals surface area contributed by atoms with Crippen LogP contribution in [0.3, 0.4) is 0 Å². The Kier molecular flexibility index (Phi) is 9.39. The molecule has 1 aromatic heterocycles. The molecule has 13 nitrogen and oxygen atoms in total. The number of rotatable bonds is 9. The number of morpholine rings is 1. The number of carbonyl (C=O) groups excluding carboxylic acids is 1. The van der Waals surface area contributed by atoms with Gasteiger partial charge in [-0.25, -0.2) is 4.79 Å². The van der Waals surface area contributed by atoms with Crippen LogP contribution in [0.1, 0.15) is 32.6 Å². The Hall–Kier alpha value is -4.04. The van der Waals surface area contributed by atoms with Crippen LogP contribution in [0.25, 0.3) is 11.4 Å². The number of aliphatic hydroxyl groups is 2. The standard InChI is InChI=1S/C34H45N9O4/c1-23-22-47-19-18-42(23)32-37-31(38-33(39-32)43-29(20-44)12-13-30(43)21-45)24-2-4-25(5-3-24)35-34(46)36-26-6-8-27(9-7-26)40-14-16-41(17-15-40)28-10-11-28/h2-9,23,28-30,44-45H,10-22H2,1H3,(H2,35,36,46)/t23-,29-,30+/m1/s1. The van der Waals surface area contributed by atoms with Gasteiger partial charge in [0.05, 0.1) is 44.6 Å². The van der Waals surface area contributed by atoms with Gasteiger partial charge in [0.25, 0.3) is 0 Å². The van der Waals surface area contributed by atoms with Crippen LogP contribution in [0.4, 0.5) is 33.8 Å². The highest BCUT2D eigenvalue weighted by Gasteiger charge is 2.36. The maximum absolute atomic E-state index is 12.9. The van der Waals surface area contributed by atoms with E-state index in [9.17, 15) is 15.0 Å². The molecule has 1 saturated carbocycles. The Bertz CT molecular complexity index is 1500. The first-order valence-electron chi connectivity index (χ1n) is 16.9. The van der Waals surface area contributed by atoms with Gasteiger partial charge in [0.1, 0.15) is 0 Å². The molecular formula is C34H45N9O4. The fourth-order valence-electron chi connectivity index (χ4n) is 6.93. The van der Waals surface area contributed by atoms with Crippen molar-refractivity contribution in [1.29, 1.82) is 0 Å². The summed E-state index contributed by atoms with van der Waals surface area (Å²) in [4.78, 5) is 36.4. The zero-order chi connectivity index (χ0) is 32.3. The summed E-state index contributed by atoms with van der Waals surface area (Å²) in [5, 5.41) is 26.0. The van der Waals surface area contributed by atoms with Crippen LogP contribution < -0.4 is 25.3 Å². The minimum absolute atomic E-state index is 0.0506. The normalized spacial score (nSPS) is 23.6. The number of carbonyl (C=O) groups is 1. The SMILES string of the molecule is C[C@@H]1COCCN1c1nc(-c2ccc(NC(=O)Nc3ccc(N4CCN(C5CC5)CC4)cc3)cc2)nc(N2[C@H](CO)CC[C@@H]2CO)n1. The molecule has 250 valence electrons. The lowest BCUT2D eigenvalue weighted by atomic mass is 10.2. The number of ether oxygens (including phenoxy) is 1. The summed E-state index contributed by atoms with van der Waals surface area (Å²) in [5.74, 6) is 1.45. The van der Waals surface area contributed by atoms with Gasteiger partial charge in [0.15, 0.2) is 5.82 Å². The lowest BCUT2D eigenvalue weighted by Crippen LogP contribution is -2.47. The number of piperazine rings is 1. The van der Waals surface area contributed by atoms with Crippen molar-refractivity contribution in [1.82, 2.24) is 19.9 Å². The van der Waals surface area contributed by atoms with Gasteiger partial charge in [-0.05, 0) is 81.1 Å². The Morgan fingerprint density at radius 1 is 0.809 bits per heavy atom. The van der Waals surface area contributed by atoms with Crippen molar-refractivity contribution in [2.45, 2.75) is 56.8 Å². The van der Waals surface area contributed by atoms with Gasteiger partial charge in [0, 0.05) is 61.4 Å². The van der Waals surface area contributed by atoms with Crippen molar-refractivity contribution in [2.24, 2.45) is 0 Å². The van der Waals surface area contributed by atoms with E-state index in [-0.39, 0.29) is 37.4 Å². The quantitative estimate of drug-likeness (QED) is 0.273. The van der Waals surface area contributed by atoms with Crippen molar-refractivity contribution in [2.75, 3.05) is 84.5 Å². The molecule has 1 aliphatic carbocycles. The molecule has 0 radical (unpaired) electrons. The molecule has 47 heavy (non-hydrogen) atoms. The molecule has 2 aromatic carbocycles. The van der Waals surface area contributed by atoms with Crippen molar-refractivity contribution in [3.05, 3.63) is 48.5 Å². The van der Waals surface area contributed by atoms with Gasteiger partial charge in [-0.3, -0.25) is 4.90 Å². The lowest BCUT2D eigenvalue weighted by molar-refractivity contribution is 0.0981. The molecule has 0 spiro atoms. The molecule has 0 bridgehead atoms. The zero-order valence-electron chi connectivity index (χ0n) is 27.0. The predicted molar refractivity (Wildman–Crippen MR) is 182 cm³/mol. The van der Waals surface area contributed by atoms with Gasteiger partial charge in [-0.2, -0.15) is 15.0 Å². The second-order valence-electron chi connectivity index (χ2n) is 13.0. The molecule has 3 aliphatic heterocycles. The monoisotopic (exact) mass is 643 g/mol. The zero-order valence-corrected chi connectivity index (χ0v) is 27.0. The van der Waals surface area contributed by atoms with E-state index in [0.717, 1.165) is 56.3 Å². The Labute approximate surface area is 275 Å². The molecule has 3 saturated heterocycles. The molecule has 4 fully saturated rings. The van der Waals surface area contributed by atoms with Crippen LogP contribution in [-0.4, -0.2) is 119 Å². The fraction of sp³-hybridized carbons (Fsp3) is 0.529. The lowest BCUT2D eigenvalue weighted by Gasteiger charge is -2.36. The van der Waals surface area contributed by atoms with E-state index in [0.29, 0.717) is 43.2 Å². The number of urea groups is 1. The van der Waals surface area contributed by atoms with Crippen molar-refractivity contribution in [3.63, 3.8) is 0 Å². The first-order valence-corrected chi connectivity index (χ1v) is 16.9. The van der Waals surface area contributed by atoms with Crippen molar-refractivity contribution >= 4 is 35.0 Å². The second-order valence-corrected chi connectivity index (χ2v) is 13.0. The Morgan fingerprint density at radius 3 is 2.02 bits per heavy atom. The Balaban J connectivity index is 1.03. The number of hydrogen-bond donors (Lipinski definition) is 4. The number of benzene rings is 2. The van der Waals surface area contributed by atoms with E-state index in [1.54, 1.807) is 0 Å². The number of nitrogens with zero attached hydrogens (tertiary/aromatic N) is 7. The summed E-state index contributed by atoms with van der Waals surface area (Å²) in [6, 6.07) is 15.6. The van der Waals surface area contributed by atoms with Gasteiger partial charge in [-0.1, -0.05) is 0 Å². The highest BCUT2D eigenvalue weighted by molar-refractivity contribution is 6.00. The molecule has 4 N–H and O–H groups in total. The van der Waals surface area contributed by atoms with Crippen LogP contribution in [0.5, 0.6) is 0 Å². The van der Waals surface area contributed by atoms with E-state index in [2.05, 4.69) is 44.4 Å². The van der Waals surface area contributed by atoms with Crippen LogP contribution in [0.2, 0.25) is 0 Å². The predicted octanol–water partition coefficient (Wildman–Crippen LogP) is 3.01. The van der Waals surface area contributed by atoms with E-state index in [4.69, 9.17) is 19.7 Å². The number of anilines is 5. The molecule has 3 aromatic rings. The van der Waals surface area contributed by atoms with E-state index in [1.165, 1.54) is 18.5 Å². The van der Waals surface area contributed by atoms with E-state index in [1.807, 2.05) is 41.3 Å². The summed E-state index contributed by atoms with van der Waals surface area (Å²) in [6.45, 7) is 8.05. The summed E-state index contributed by atoms with van der Waals surface area (Å²) in [5.41, 5.74) is 3.30. The molecule has 13 heteroatoms. The first kappa shape index (κ1) is 31.6. The van der Waals surface area contributed by atoms with Gasteiger partial charge < -0.3 is 40.3 Å². The first-order chi connectivity index (χ1) is 23.0. The average molecular weight is 644 g/mol. The maximum atomic E-state index is 12.9. The van der Waals surface area contributed by atoms with Gasteiger partial charge in [0.2, 0.25) is 11.9 Å². The third-order valence-electron chi connectivity index (χ3n) is 9.78. The Morgan fingerprint density at radius 2 is 1.43 bits per heavy atom. The number of nitrogens with one attached hydrogen (secondary N) is 2. The van der Waals surface area contributed by atoms with Crippen LogP contribution in [0.15, 0.2) is 48.5 Å². The number of aromatic nitrogens is 3. The number of aliphatic hydroxyl groups excluding tert-OH is 2. The third-order valence-corrected chi connectivity index (χ3v) is 9.78. The van der Waals surface area contributed by atoms with Crippen molar-refractivity contribution < 1.29 is 19.7 Å². The van der Waals surface area contributed by atoms with Crippen LogP contribution in [-0.2, 0) is 4.74 Å². The minimum atomic E-state index is -0.325. The highest BCUT2D eigenvalue weighted by atomic mass is 16.5. The average Bonchev–Trinajstić information content (AvgIpc) is 3.87. The molecule has 2 amide bonds. The number of hydrogen-bond acceptors (Lipinski definition) is 11. The molecule has 4 aliphatic rings. The van der Waals surface area contributed by atoms with Crippen LogP contribution in [0, 0.1) is 0 Å². The summed E-state index contributed by atoms with van der Waals surface area (Å²) < 4.78 is 5.64. The largest absolute Gasteiger partial charge is 0.394 e. The summed E-state index contributed by atoms with van der Waals surface area (Å²) in [7, 11) is 0. The molecular weight excluding hydrogens is 598 g/mol. The van der Waals surface area contributed by atoms with Gasteiger partial charge >= 0.3 is 6.03 Å². The number of amides is 2. The van der Waals surface area contributed by atoms with E-state index >= 15 is 0 Å². The summed E-state index contributed by atoms with van der Waals surface area (Å²) >= 11 is 0. The highest BCUT2D eigenvalue weighted by Crippen LogP contribution is 2.32. The third kappa shape index (κ3) is 7.13.